The Balaban J connectivity index is 2.67. The minimum atomic E-state index is 0.358. The topological polar surface area (TPSA) is 0 Å². The third kappa shape index (κ3) is 1.62. The summed E-state index contributed by atoms with van der Waals surface area (Å²) in [5.41, 5.74) is 0.358. The van der Waals surface area contributed by atoms with Gasteiger partial charge in [-0.1, -0.05) is 32.9 Å². The van der Waals surface area contributed by atoms with E-state index in [-0.39, 0.29) is 0 Å². The molecule has 10 heavy (non-hydrogen) atoms. The fourth-order valence-corrected chi connectivity index (χ4v) is 1.33. The Bertz CT molecular complexity index is 131. The van der Waals surface area contributed by atoms with Crippen molar-refractivity contribution in [3.05, 3.63) is 18.1 Å². The third-order valence-electron chi connectivity index (χ3n) is 2.56. The summed E-state index contributed by atoms with van der Waals surface area (Å²) in [7, 11) is 0. The Morgan fingerprint density at radius 2 is 2.10 bits per heavy atom. The van der Waals surface area contributed by atoms with E-state index in [1.165, 1.54) is 19.3 Å². The van der Waals surface area contributed by atoms with Crippen LogP contribution in [0.2, 0.25) is 0 Å². The molecule has 1 aliphatic rings. The number of hydrogen-bond donors (Lipinski definition) is 0. The first-order valence-corrected chi connectivity index (χ1v) is 4.13. The summed E-state index contributed by atoms with van der Waals surface area (Å²) in [4.78, 5) is 0. The van der Waals surface area contributed by atoms with Crippen LogP contribution in [-0.4, -0.2) is 0 Å². The first-order valence-electron chi connectivity index (χ1n) is 4.13. The van der Waals surface area contributed by atoms with Gasteiger partial charge >= 0.3 is 0 Å². The highest BCUT2D eigenvalue weighted by molar-refractivity contribution is 5.12. The summed E-state index contributed by atoms with van der Waals surface area (Å²) in [6.07, 6.45) is 8.57. The second-order valence-corrected chi connectivity index (χ2v) is 3.80. The van der Waals surface area contributed by atoms with Crippen molar-refractivity contribution in [3.8, 4) is 0 Å². The van der Waals surface area contributed by atoms with Gasteiger partial charge in [-0.15, -0.1) is 0 Å². The monoisotopic (exact) mass is 137 g/mol. The van der Waals surface area contributed by atoms with E-state index in [9.17, 15) is 0 Å². The Morgan fingerprint density at radius 3 is 2.80 bits per heavy atom. The van der Waals surface area contributed by atoms with E-state index in [0.717, 1.165) is 0 Å². The zero-order chi connectivity index (χ0) is 7.61. The van der Waals surface area contributed by atoms with Gasteiger partial charge in [-0.25, -0.2) is 0 Å². The maximum Gasteiger partial charge on any atom is -0.0116 e. The molecule has 0 aromatic carbocycles. The van der Waals surface area contributed by atoms with E-state index in [0.29, 0.717) is 5.41 Å². The molecule has 0 aromatic rings. The van der Waals surface area contributed by atoms with Gasteiger partial charge in [0.15, 0.2) is 0 Å². The summed E-state index contributed by atoms with van der Waals surface area (Å²) in [5, 5.41) is 0. The average molecular weight is 137 g/mol. The summed E-state index contributed by atoms with van der Waals surface area (Å²) in [6, 6.07) is 0. The number of allylic oxidation sites excluding steroid dienone is 2. The Kier molecular flexibility index (Phi) is 2.18. The van der Waals surface area contributed by atoms with Crippen molar-refractivity contribution in [2.75, 3.05) is 0 Å². The standard InChI is InChI=1S/C10H17/c1-9-7-5-4-6-8-10(9,2)3/h6,8H,4-5,7H2,1-3H3. The summed E-state index contributed by atoms with van der Waals surface area (Å²) >= 11 is 0. The lowest BCUT2D eigenvalue weighted by Crippen LogP contribution is -2.15. The minimum Gasteiger partial charge on any atom is -0.0880 e. The van der Waals surface area contributed by atoms with Crippen molar-refractivity contribution in [2.24, 2.45) is 5.41 Å². The maximum atomic E-state index is 2.34. The lowest BCUT2D eigenvalue weighted by atomic mass is 9.79. The van der Waals surface area contributed by atoms with Crippen LogP contribution in [0.4, 0.5) is 0 Å². The minimum absolute atomic E-state index is 0.358. The Hall–Kier alpha value is -0.260. The highest BCUT2D eigenvalue weighted by atomic mass is 14.3. The second-order valence-electron chi connectivity index (χ2n) is 3.80. The predicted octanol–water partition coefficient (Wildman–Crippen LogP) is 3.35. The zero-order valence-electron chi connectivity index (χ0n) is 7.28. The maximum absolute atomic E-state index is 2.34. The SMILES string of the molecule is C[C]1CCCC=CC1(C)C. The number of rotatable bonds is 0. The lowest BCUT2D eigenvalue weighted by Gasteiger charge is -2.26. The van der Waals surface area contributed by atoms with Crippen LogP contribution in [-0.2, 0) is 0 Å². The molecule has 0 saturated heterocycles. The van der Waals surface area contributed by atoms with Crippen molar-refractivity contribution in [1.82, 2.24) is 0 Å². The summed E-state index contributed by atoms with van der Waals surface area (Å²) < 4.78 is 0. The van der Waals surface area contributed by atoms with E-state index in [1.807, 2.05) is 0 Å². The van der Waals surface area contributed by atoms with Gasteiger partial charge in [-0.05, 0) is 30.6 Å². The molecule has 0 bridgehead atoms. The molecule has 0 aromatic heterocycles. The highest BCUT2D eigenvalue weighted by Crippen LogP contribution is 2.35. The van der Waals surface area contributed by atoms with Crippen LogP contribution in [0.15, 0.2) is 12.2 Å². The first kappa shape index (κ1) is 7.84. The van der Waals surface area contributed by atoms with Crippen molar-refractivity contribution in [1.29, 1.82) is 0 Å². The van der Waals surface area contributed by atoms with E-state index in [4.69, 9.17) is 0 Å². The molecule has 0 saturated carbocycles. The van der Waals surface area contributed by atoms with Crippen LogP contribution in [0.25, 0.3) is 0 Å². The molecule has 0 atom stereocenters. The smallest absolute Gasteiger partial charge is 0.0116 e. The summed E-state index contributed by atoms with van der Waals surface area (Å²) in [5.74, 6) is 1.63. The van der Waals surface area contributed by atoms with Gasteiger partial charge in [0.25, 0.3) is 0 Å². The van der Waals surface area contributed by atoms with Gasteiger partial charge in [0.2, 0.25) is 0 Å². The van der Waals surface area contributed by atoms with Crippen molar-refractivity contribution >= 4 is 0 Å². The summed E-state index contributed by atoms with van der Waals surface area (Å²) in [6.45, 7) is 6.87. The van der Waals surface area contributed by atoms with Gasteiger partial charge in [0.1, 0.15) is 0 Å². The Morgan fingerprint density at radius 1 is 1.40 bits per heavy atom. The highest BCUT2D eigenvalue weighted by Gasteiger charge is 2.23. The van der Waals surface area contributed by atoms with E-state index in [1.54, 1.807) is 5.92 Å². The quantitative estimate of drug-likeness (QED) is 0.449. The van der Waals surface area contributed by atoms with Crippen LogP contribution in [0.3, 0.4) is 0 Å². The first-order chi connectivity index (χ1) is 4.63. The molecular formula is C10H17. The number of hydrogen-bond acceptors (Lipinski definition) is 0. The molecule has 0 heterocycles. The van der Waals surface area contributed by atoms with Gasteiger partial charge in [-0.3, -0.25) is 0 Å². The average Bonchev–Trinajstić information content (AvgIpc) is 1.96. The molecule has 1 rings (SSSR count). The van der Waals surface area contributed by atoms with Gasteiger partial charge < -0.3 is 0 Å². The normalized spacial score (nSPS) is 26.3. The van der Waals surface area contributed by atoms with Crippen LogP contribution >= 0.6 is 0 Å². The zero-order valence-corrected chi connectivity index (χ0v) is 7.28. The third-order valence-corrected chi connectivity index (χ3v) is 2.56. The molecule has 1 aliphatic carbocycles. The molecule has 0 nitrogen and oxygen atoms in total. The van der Waals surface area contributed by atoms with Crippen molar-refractivity contribution in [3.63, 3.8) is 0 Å². The molecule has 0 aliphatic heterocycles. The molecule has 1 radical (unpaired) electrons. The van der Waals surface area contributed by atoms with E-state index < -0.39 is 0 Å². The molecule has 0 N–H and O–H groups in total. The van der Waals surface area contributed by atoms with Gasteiger partial charge in [0, 0.05) is 0 Å². The molecule has 0 unspecified atom stereocenters. The van der Waals surface area contributed by atoms with Gasteiger partial charge in [0.05, 0.1) is 0 Å². The molecular weight excluding hydrogens is 120 g/mol. The fraction of sp³-hybridized carbons (Fsp3) is 0.700. The Labute approximate surface area is 64.3 Å². The lowest BCUT2D eigenvalue weighted by molar-refractivity contribution is 0.474. The van der Waals surface area contributed by atoms with Gasteiger partial charge in [-0.2, -0.15) is 0 Å². The largest absolute Gasteiger partial charge is 0.0880 e. The second kappa shape index (κ2) is 2.77. The fourth-order valence-electron chi connectivity index (χ4n) is 1.33. The molecule has 0 spiro atoms. The van der Waals surface area contributed by atoms with Crippen molar-refractivity contribution < 1.29 is 0 Å². The predicted molar refractivity (Wildman–Crippen MR) is 45.7 cm³/mol. The van der Waals surface area contributed by atoms with Crippen LogP contribution in [0, 0.1) is 11.3 Å². The molecule has 0 amide bonds. The van der Waals surface area contributed by atoms with Crippen molar-refractivity contribution in [2.45, 2.75) is 40.0 Å². The van der Waals surface area contributed by atoms with Crippen LogP contribution < -0.4 is 0 Å². The van der Waals surface area contributed by atoms with E-state index in [2.05, 4.69) is 32.9 Å². The molecule has 0 fully saturated rings. The molecule has 0 heteroatoms. The van der Waals surface area contributed by atoms with E-state index >= 15 is 0 Å². The van der Waals surface area contributed by atoms with Crippen LogP contribution in [0.1, 0.15) is 40.0 Å². The van der Waals surface area contributed by atoms with Crippen LogP contribution in [0.5, 0.6) is 0 Å². The molecule has 57 valence electrons.